The molecule has 20 heavy (non-hydrogen) atoms. The predicted octanol–water partition coefficient (Wildman–Crippen LogP) is 3.27. The predicted molar refractivity (Wildman–Crippen MR) is 85.8 cm³/mol. The number of amides is 3. The van der Waals surface area contributed by atoms with Crippen LogP contribution in [-0.2, 0) is 0 Å². The number of nitrogens with two attached hydrogens (primary N) is 1. The molecule has 1 aromatic rings. The monoisotopic (exact) mass is 315 g/mol. The summed E-state index contributed by atoms with van der Waals surface area (Å²) in [6.07, 6.45) is 4.75. The third-order valence-corrected chi connectivity index (χ3v) is 4.88. The molecule has 0 aliphatic heterocycles. The van der Waals surface area contributed by atoms with Gasteiger partial charge in [0.2, 0.25) is 0 Å². The largest absolute Gasteiger partial charge is 0.365 e. The van der Waals surface area contributed by atoms with Crippen LogP contribution in [0.4, 0.5) is 9.80 Å². The topological polar surface area (TPSA) is 84.2 Å². The van der Waals surface area contributed by atoms with Crippen LogP contribution in [0.5, 0.6) is 0 Å². The summed E-state index contributed by atoms with van der Waals surface area (Å²) in [5, 5.41) is 7.46. The molecule has 0 saturated carbocycles. The zero-order valence-electron chi connectivity index (χ0n) is 11.8. The SMILES string of the molecule is CCCCCCSc1csc(NC(=O)NC)c1C(N)=O. The summed E-state index contributed by atoms with van der Waals surface area (Å²) in [6.45, 7) is 2.17. The molecule has 1 heterocycles. The first-order chi connectivity index (χ1) is 9.60. The van der Waals surface area contributed by atoms with Gasteiger partial charge in [-0.2, -0.15) is 0 Å². The average Bonchev–Trinajstić information content (AvgIpc) is 2.81. The Morgan fingerprint density at radius 3 is 2.70 bits per heavy atom. The van der Waals surface area contributed by atoms with Crippen molar-refractivity contribution in [3.63, 3.8) is 0 Å². The average molecular weight is 315 g/mol. The van der Waals surface area contributed by atoms with Gasteiger partial charge in [-0.3, -0.25) is 10.1 Å². The van der Waals surface area contributed by atoms with Crippen molar-refractivity contribution in [3.05, 3.63) is 10.9 Å². The van der Waals surface area contributed by atoms with Crippen LogP contribution < -0.4 is 16.4 Å². The van der Waals surface area contributed by atoms with E-state index in [0.717, 1.165) is 17.1 Å². The Bertz CT molecular complexity index is 460. The van der Waals surface area contributed by atoms with E-state index in [1.54, 1.807) is 11.8 Å². The molecule has 3 amide bonds. The number of urea groups is 1. The molecule has 112 valence electrons. The molecule has 0 atom stereocenters. The Balaban J connectivity index is 2.66. The Labute approximate surface area is 127 Å². The van der Waals surface area contributed by atoms with Crippen LogP contribution in [0.3, 0.4) is 0 Å². The molecule has 0 unspecified atom stereocenters. The maximum absolute atomic E-state index is 11.6. The number of hydrogen-bond donors (Lipinski definition) is 3. The zero-order chi connectivity index (χ0) is 15.0. The number of primary amides is 1. The smallest absolute Gasteiger partial charge is 0.319 e. The van der Waals surface area contributed by atoms with E-state index >= 15 is 0 Å². The fourth-order valence-electron chi connectivity index (χ4n) is 1.65. The summed E-state index contributed by atoms with van der Waals surface area (Å²) in [5.41, 5.74) is 5.83. The third kappa shape index (κ3) is 5.05. The van der Waals surface area contributed by atoms with E-state index in [-0.39, 0.29) is 6.03 Å². The van der Waals surface area contributed by atoms with Crippen molar-refractivity contribution in [3.8, 4) is 0 Å². The maximum Gasteiger partial charge on any atom is 0.319 e. The van der Waals surface area contributed by atoms with E-state index in [0.29, 0.717) is 10.6 Å². The summed E-state index contributed by atoms with van der Waals surface area (Å²) in [6, 6.07) is -0.353. The number of carbonyl (C=O) groups is 2. The van der Waals surface area contributed by atoms with Gasteiger partial charge in [-0.05, 0) is 12.2 Å². The number of thioether (sulfide) groups is 1. The molecule has 7 heteroatoms. The van der Waals surface area contributed by atoms with Crippen molar-refractivity contribution in [2.75, 3.05) is 18.1 Å². The van der Waals surface area contributed by atoms with E-state index in [1.165, 1.54) is 37.6 Å². The van der Waals surface area contributed by atoms with Crippen molar-refractivity contribution < 1.29 is 9.59 Å². The van der Waals surface area contributed by atoms with Gasteiger partial charge < -0.3 is 11.1 Å². The number of hydrogen-bond acceptors (Lipinski definition) is 4. The first-order valence-corrected chi connectivity index (χ1v) is 8.49. The van der Waals surface area contributed by atoms with Gasteiger partial charge in [-0.1, -0.05) is 26.2 Å². The number of nitrogens with one attached hydrogen (secondary N) is 2. The lowest BCUT2D eigenvalue weighted by molar-refractivity contribution is 0.0999. The molecular formula is C13H21N3O2S2. The summed E-state index contributed by atoms with van der Waals surface area (Å²) in [4.78, 5) is 23.7. The molecule has 0 radical (unpaired) electrons. The second kappa shape index (κ2) is 8.86. The van der Waals surface area contributed by atoms with Gasteiger partial charge in [0.05, 0.1) is 5.56 Å². The molecule has 0 saturated heterocycles. The number of thiophene rings is 1. The van der Waals surface area contributed by atoms with E-state index in [1.807, 2.05) is 5.38 Å². The van der Waals surface area contributed by atoms with Gasteiger partial charge in [0.25, 0.3) is 5.91 Å². The number of carbonyl (C=O) groups excluding carboxylic acids is 2. The van der Waals surface area contributed by atoms with Crippen molar-refractivity contribution in [1.82, 2.24) is 5.32 Å². The Kier molecular flexibility index (Phi) is 7.46. The zero-order valence-corrected chi connectivity index (χ0v) is 13.5. The van der Waals surface area contributed by atoms with Gasteiger partial charge in [0, 0.05) is 17.3 Å². The molecule has 1 aromatic heterocycles. The molecule has 0 aliphatic carbocycles. The summed E-state index contributed by atoms with van der Waals surface area (Å²) >= 11 is 2.94. The first kappa shape index (κ1) is 16.8. The van der Waals surface area contributed by atoms with E-state index in [9.17, 15) is 9.59 Å². The molecule has 4 N–H and O–H groups in total. The van der Waals surface area contributed by atoms with Gasteiger partial charge in [0.1, 0.15) is 5.00 Å². The van der Waals surface area contributed by atoms with Crippen LogP contribution in [0, 0.1) is 0 Å². The van der Waals surface area contributed by atoms with Crippen molar-refractivity contribution >= 4 is 40.0 Å². The second-order valence-corrected chi connectivity index (χ2v) is 6.30. The van der Waals surface area contributed by atoms with E-state index in [2.05, 4.69) is 17.6 Å². The highest BCUT2D eigenvalue weighted by Gasteiger charge is 2.18. The van der Waals surface area contributed by atoms with Gasteiger partial charge >= 0.3 is 6.03 Å². The fraction of sp³-hybridized carbons (Fsp3) is 0.538. The Hall–Kier alpha value is -1.21. The molecule has 0 aromatic carbocycles. The van der Waals surface area contributed by atoms with Crippen LogP contribution in [0.2, 0.25) is 0 Å². The number of anilines is 1. The van der Waals surface area contributed by atoms with Crippen molar-refractivity contribution in [2.24, 2.45) is 5.73 Å². The maximum atomic E-state index is 11.6. The normalized spacial score (nSPS) is 10.3. The minimum Gasteiger partial charge on any atom is -0.365 e. The molecule has 0 bridgehead atoms. The minimum atomic E-state index is -0.506. The Morgan fingerprint density at radius 1 is 1.35 bits per heavy atom. The molecule has 0 aliphatic rings. The summed E-state index contributed by atoms with van der Waals surface area (Å²) in [7, 11) is 1.52. The highest BCUT2D eigenvalue weighted by atomic mass is 32.2. The Morgan fingerprint density at radius 2 is 2.10 bits per heavy atom. The molecular weight excluding hydrogens is 294 g/mol. The fourth-order valence-corrected chi connectivity index (χ4v) is 3.87. The van der Waals surface area contributed by atoms with Crippen LogP contribution in [-0.4, -0.2) is 24.7 Å². The standard InChI is InChI=1S/C13H21N3O2S2/c1-3-4-5-6-7-19-9-8-20-12(10(9)11(14)17)16-13(18)15-2/h8H,3-7H2,1-2H3,(H2,14,17)(H2,15,16,18). The lowest BCUT2D eigenvalue weighted by Gasteiger charge is -2.05. The molecule has 1 rings (SSSR count). The van der Waals surface area contributed by atoms with Crippen molar-refractivity contribution in [1.29, 1.82) is 0 Å². The lowest BCUT2D eigenvalue weighted by Crippen LogP contribution is -2.25. The minimum absolute atomic E-state index is 0.353. The van der Waals surface area contributed by atoms with Gasteiger partial charge in [-0.15, -0.1) is 23.1 Å². The van der Waals surface area contributed by atoms with Gasteiger partial charge in [-0.25, -0.2) is 4.79 Å². The quantitative estimate of drug-likeness (QED) is 0.508. The number of unbranched alkanes of at least 4 members (excludes halogenated alkanes) is 3. The summed E-state index contributed by atoms with van der Waals surface area (Å²) in [5.74, 6) is 0.449. The molecule has 0 spiro atoms. The highest BCUT2D eigenvalue weighted by Crippen LogP contribution is 2.35. The highest BCUT2D eigenvalue weighted by molar-refractivity contribution is 7.99. The van der Waals surface area contributed by atoms with Crippen LogP contribution in [0.15, 0.2) is 10.3 Å². The van der Waals surface area contributed by atoms with E-state index < -0.39 is 5.91 Å². The second-order valence-electron chi connectivity index (χ2n) is 4.28. The van der Waals surface area contributed by atoms with Crippen LogP contribution in [0.25, 0.3) is 0 Å². The molecule has 5 nitrogen and oxygen atoms in total. The van der Waals surface area contributed by atoms with Crippen molar-refractivity contribution in [2.45, 2.75) is 37.5 Å². The third-order valence-electron chi connectivity index (χ3n) is 2.71. The van der Waals surface area contributed by atoms with E-state index in [4.69, 9.17) is 5.73 Å². The van der Waals surface area contributed by atoms with Crippen LogP contribution >= 0.6 is 23.1 Å². The van der Waals surface area contributed by atoms with Gasteiger partial charge in [0.15, 0.2) is 0 Å². The molecule has 0 fully saturated rings. The first-order valence-electron chi connectivity index (χ1n) is 6.63. The lowest BCUT2D eigenvalue weighted by atomic mass is 10.2. The van der Waals surface area contributed by atoms with Crippen LogP contribution in [0.1, 0.15) is 43.0 Å². The summed E-state index contributed by atoms with van der Waals surface area (Å²) < 4.78 is 0. The number of rotatable bonds is 8.